The van der Waals surface area contributed by atoms with E-state index in [1.165, 1.54) is 5.56 Å². The average Bonchev–Trinajstić information content (AvgIpc) is 2.52. The molecule has 0 saturated heterocycles. The molecular formula is C18H24N2O2S. The Morgan fingerprint density at radius 3 is 2.61 bits per heavy atom. The fraction of sp³-hybridized carbons (Fsp3) is 0.444. The van der Waals surface area contributed by atoms with Crippen molar-refractivity contribution < 1.29 is 9.29 Å². The summed E-state index contributed by atoms with van der Waals surface area (Å²) in [6, 6.07) is 10.4. The fourth-order valence-electron chi connectivity index (χ4n) is 2.27. The van der Waals surface area contributed by atoms with Gasteiger partial charge in [-0.1, -0.05) is 39.0 Å². The van der Waals surface area contributed by atoms with Crippen LogP contribution in [-0.4, -0.2) is 28.8 Å². The molecule has 1 aromatic carbocycles. The lowest BCUT2D eigenvalue weighted by molar-refractivity contribution is 0.288. The van der Waals surface area contributed by atoms with Gasteiger partial charge in [-0.15, -0.1) is 0 Å². The molecule has 0 atom stereocenters. The zero-order chi connectivity index (χ0) is 16.9. The Bertz CT molecular complexity index is 654. The maximum atomic E-state index is 9.04. The molecule has 0 unspecified atom stereocenters. The molecule has 1 N–H and O–H groups in total. The molecule has 1 aromatic heterocycles. The third-order valence-electron chi connectivity index (χ3n) is 3.53. The van der Waals surface area contributed by atoms with Gasteiger partial charge in [0, 0.05) is 17.9 Å². The highest BCUT2D eigenvalue weighted by molar-refractivity contribution is 7.94. The number of aliphatic hydroxyl groups excluding tert-OH is 1. The lowest BCUT2D eigenvalue weighted by Crippen LogP contribution is -2.10. The van der Waals surface area contributed by atoms with E-state index in [9.17, 15) is 0 Å². The van der Waals surface area contributed by atoms with Crippen LogP contribution in [0.15, 0.2) is 35.5 Å². The van der Waals surface area contributed by atoms with Gasteiger partial charge in [-0.2, -0.15) is 0 Å². The molecule has 23 heavy (non-hydrogen) atoms. The summed E-state index contributed by atoms with van der Waals surface area (Å²) in [6.07, 6.45) is 1.41. The Balaban J connectivity index is 2.42. The van der Waals surface area contributed by atoms with Crippen LogP contribution in [0, 0.1) is 0 Å². The van der Waals surface area contributed by atoms with E-state index in [4.69, 9.17) is 9.29 Å². The number of rotatable bonds is 6. The first-order valence-electron chi connectivity index (χ1n) is 7.74. The second-order valence-electron chi connectivity index (χ2n) is 6.44. The Hall–Kier alpha value is -1.43. The third kappa shape index (κ3) is 5.03. The largest absolute Gasteiger partial charge is 0.396 e. The van der Waals surface area contributed by atoms with Crippen molar-refractivity contribution in [3.63, 3.8) is 0 Å². The molecule has 0 aliphatic heterocycles. The van der Waals surface area contributed by atoms with Crippen molar-refractivity contribution in [3.8, 4) is 11.3 Å². The highest BCUT2D eigenvalue weighted by Crippen LogP contribution is 2.28. The predicted octanol–water partition coefficient (Wildman–Crippen LogP) is 4.02. The zero-order valence-corrected chi connectivity index (χ0v) is 15.0. The fourth-order valence-corrected chi connectivity index (χ4v) is 2.71. The second-order valence-corrected chi connectivity index (χ2v) is 7.30. The van der Waals surface area contributed by atoms with Gasteiger partial charge in [0.05, 0.1) is 24.8 Å². The summed E-state index contributed by atoms with van der Waals surface area (Å²) in [7, 11) is 1.61. The molecule has 0 aliphatic rings. The van der Waals surface area contributed by atoms with Gasteiger partial charge >= 0.3 is 0 Å². The van der Waals surface area contributed by atoms with Crippen LogP contribution in [0.5, 0.6) is 0 Å². The number of aryl methyl sites for hydroxylation is 1. The zero-order valence-electron chi connectivity index (χ0n) is 14.2. The van der Waals surface area contributed by atoms with E-state index in [2.05, 4.69) is 55.0 Å². The lowest BCUT2D eigenvalue weighted by Gasteiger charge is -2.19. The first kappa shape index (κ1) is 17.9. The van der Waals surface area contributed by atoms with E-state index in [1.807, 2.05) is 6.07 Å². The number of nitrogens with zero attached hydrogens (tertiary/aromatic N) is 2. The maximum absolute atomic E-state index is 9.04. The van der Waals surface area contributed by atoms with Crippen LogP contribution in [0.3, 0.4) is 0 Å². The molecular weight excluding hydrogens is 308 g/mol. The Labute approximate surface area is 142 Å². The van der Waals surface area contributed by atoms with Gasteiger partial charge in [-0.05, 0) is 36.0 Å². The average molecular weight is 332 g/mol. The summed E-state index contributed by atoms with van der Waals surface area (Å²) in [6.45, 7) is 6.76. The van der Waals surface area contributed by atoms with E-state index in [-0.39, 0.29) is 12.0 Å². The molecule has 0 spiro atoms. The number of aliphatic hydroxyl groups is 1. The van der Waals surface area contributed by atoms with E-state index in [1.54, 1.807) is 7.11 Å². The number of hydrogen-bond acceptors (Lipinski definition) is 5. The quantitative estimate of drug-likeness (QED) is 0.639. The first-order valence-corrected chi connectivity index (χ1v) is 8.48. The van der Waals surface area contributed by atoms with Crippen molar-refractivity contribution in [1.29, 1.82) is 0 Å². The molecule has 0 bridgehead atoms. The first-order chi connectivity index (χ1) is 10.9. The van der Waals surface area contributed by atoms with Gasteiger partial charge in [0.1, 0.15) is 0 Å². The highest BCUT2D eigenvalue weighted by Gasteiger charge is 2.15. The van der Waals surface area contributed by atoms with Gasteiger partial charge in [-0.3, -0.25) is 0 Å². The molecule has 2 rings (SSSR count). The summed E-state index contributed by atoms with van der Waals surface area (Å²) in [5.41, 5.74) is 4.24. The van der Waals surface area contributed by atoms with Crippen LogP contribution in [-0.2, 0) is 16.0 Å². The SMILES string of the molecule is COSc1nc(CCCO)cc(-c2cccc(C(C)(C)C)c2)n1. The van der Waals surface area contributed by atoms with Gasteiger partial charge in [-0.25, -0.2) is 9.97 Å². The van der Waals surface area contributed by atoms with Gasteiger partial charge < -0.3 is 9.29 Å². The molecule has 124 valence electrons. The lowest BCUT2D eigenvalue weighted by atomic mass is 9.86. The van der Waals surface area contributed by atoms with Crippen molar-refractivity contribution in [2.45, 2.75) is 44.2 Å². The Morgan fingerprint density at radius 2 is 1.96 bits per heavy atom. The van der Waals surface area contributed by atoms with Crippen LogP contribution in [0.1, 0.15) is 38.4 Å². The van der Waals surface area contributed by atoms with Crippen LogP contribution in [0.25, 0.3) is 11.3 Å². The molecule has 0 fully saturated rings. The predicted molar refractivity (Wildman–Crippen MR) is 94.4 cm³/mol. The van der Waals surface area contributed by atoms with E-state index >= 15 is 0 Å². The normalized spacial score (nSPS) is 11.7. The highest BCUT2D eigenvalue weighted by atomic mass is 32.2. The van der Waals surface area contributed by atoms with Crippen LogP contribution in [0.2, 0.25) is 0 Å². The molecule has 0 saturated carbocycles. The minimum Gasteiger partial charge on any atom is -0.396 e. The van der Waals surface area contributed by atoms with E-state index < -0.39 is 0 Å². The summed E-state index contributed by atoms with van der Waals surface area (Å²) in [5, 5.41) is 9.64. The van der Waals surface area contributed by atoms with Crippen molar-refractivity contribution in [3.05, 3.63) is 41.6 Å². The molecule has 1 heterocycles. The van der Waals surface area contributed by atoms with E-state index in [0.29, 0.717) is 11.6 Å². The Kier molecular flexibility index (Phi) is 6.16. The molecule has 0 radical (unpaired) electrons. The van der Waals surface area contributed by atoms with Crippen LogP contribution >= 0.6 is 12.0 Å². The van der Waals surface area contributed by atoms with Crippen LogP contribution in [0.4, 0.5) is 0 Å². The molecule has 4 nitrogen and oxygen atoms in total. The number of hydrogen-bond donors (Lipinski definition) is 1. The second kappa shape index (κ2) is 7.90. The summed E-state index contributed by atoms with van der Waals surface area (Å²) < 4.78 is 5.10. The van der Waals surface area contributed by atoms with E-state index in [0.717, 1.165) is 35.4 Å². The molecule has 0 amide bonds. The summed E-state index contributed by atoms with van der Waals surface area (Å²) in [5.74, 6) is 0. The number of aromatic nitrogens is 2. The van der Waals surface area contributed by atoms with Crippen molar-refractivity contribution in [2.75, 3.05) is 13.7 Å². The number of benzene rings is 1. The van der Waals surface area contributed by atoms with Crippen molar-refractivity contribution in [1.82, 2.24) is 9.97 Å². The smallest absolute Gasteiger partial charge is 0.215 e. The third-order valence-corrected chi connectivity index (χ3v) is 4.03. The molecule has 2 aromatic rings. The molecule has 5 heteroatoms. The monoisotopic (exact) mass is 332 g/mol. The maximum Gasteiger partial charge on any atom is 0.215 e. The Morgan fingerprint density at radius 1 is 1.17 bits per heavy atom. The minimum absolute atomic E-state index is 0.0901. The van der Waals surface area contributed by atoms with Crippen LogP contribution < -0.4 is 0 Å². The van der Waals surface area contributed by atoms with Crippen molar-refractivity contribution in [2.24, 2.45) is 0 Å². The van der Waals surface area contributed by atoms with Gasteiger partial charge in [0.25, 0.3) is 0 Å². The van der Waals surface area contributed by atoms with Gasteiger partial charge in [0.15, 0.2) is 0 Å². The minimum atomic E-state index is 0.0901. The molecule has 0 aliphatic carbocycles. The van der Waals surface area contributed by atoms with Gasteiger partial charge in [0.2, 0.25) is 5.16 Å². The summed E-state index contributed by atoms with van der Waals surface area (Å²) in [4.78, 5) is 9.06. The van der Waals surface area contributed by atoms with Crippen molar-refractivity contribution >= 4 is 12.0 Å². The topological polar surface area (TPSA) is 55.2 Å². The standard InChI is InChI=1S/C18H24N2O2S/c1-18(2,3)14-8-5-7-13(11-14)16-12-15(9-6-10-21)19-17(20-16)23-22-4/h5,7-8,11-12,21H,6,9-10H2,1-4H3. The summed E-state index contributed by atoms with van der Waals surface area (Å²) >= 11 is 1.16.